The van der Waals surface area contributed by atoms with Gasteiger partial charge in [-0.1, -0.05) is 31.2 Å². The van der Waals surface area contributed by atoms with Gasteiger partial charge in [-0.25, -0.2) is 9.59 Å². The Bertz CT molecular complexity index is 1630. The molecule has 0 saturated carbocycles. The molecule has 0 amide bonds. The summed E-state index contributed by atoms with van der Waals surface area (Å²) in [6.07, 6.45) is -1.21. The fourth-order valence-electron chi connectivity index (χ4n) is 5.50. The van der Waals surface area contributed by atoms with Crippen molar-refractivity contribution >= 4 is 11.9 Å². The second-order valence-electron chi connectivity index (χ2n) is 10.8. The summed E-state index contributed by atoms with van der Waals surface area (Å²) in [5.74, 6) is -3.47. The molecule has 4 rings (SSSR count). The molecule has 0 saturated heterocycles. The van der Waals surface area contributed by atoms with Gasteiger partial charge in [-0.3, -0.25) is 0 Å². The van der Waals surface area contributed by atoms with E-state index in [9.17, 15) is 24.9 Å². The number of aliphatic hydroxyl groups is 1. The van der Waals surface area contributed by atoms with Crippen LogP contribution in [0.15, 0.2) is 54.1 Å². The minimum Gasteiger partial charge on any atom is -0.504 e. The number of hydrogen-bond donors (Lipinski definition) is 3. The van der Waals surface area contributed by atoms with Crippen molar-refractivity contribution in [2.24, 2.45) is 5.92 Å². The summed E-state index contributed by atoms with van der Waals surface area (Å²) in [4.78, 5) is 26.8. The van der Waals surface area contributed by atoms with Gasteiger partial charge in [0, 0.05) is 33.7 Å². The number of esters is 2. The van der Waals surface area contributed by atoms with Crippen LogP contribution in [0.3, 0.4) is 0 Å². The first-order chi connectivity index (χ1) is 21.4. The number of methoxy groups -OCH3 is 4. The van der Waals surface area contributed by atoms with Crippen LogP contribution in [0.2, 0.25) is 0 Å². The molecule has 3 aromatic rings. The third-order valence-electron chi connectivity index (χ3n) is 8.32. The third kappa shape index (κ3) is 5.71. The SMILES string of the molecule is C/C=C(/C)C(=O)OC1c2cc(OC)c(OC)c(O)c2-c2c(cc(OC)c(OC)c2O)C(OC(=O)c2ccccc2)C(C)(O)C1C. The number of phenolic OH excluding ortho intramolecular Hbond substituents is 2. The summed E-state index contributed by atoms with van der Waals surface area (Å²) in [7, 11) is 5.37. The molecular formula is C34H38O11. The van der Waals surface area contributed by atoms with E-state index in [1.54, 1.807) is 57.2 Å². The minimum absolute atomic E-state index is 0.0276. The van der Waals surface area contributed by atoms with Crippen LogP contribution in [0.1, 0.15) is 61.4 Å². The first-order valence-electron chi connectivity index (χ1n) is 14.2. The molecule has 0 aliphatic heterocycles. The number of carbonyl (C=O) groups is 2. The quantitative estimate of drug-likeness (QED) is 0.211. The average Bonchev–Trinajstić information content (AvgIpc) is 3.04. The molecule has 11 nitrogen and oxygen atoms in total. The standard InChI is InChI=1S/C34H38O11/c1-9-17(2)32(37)44-28-18(3)34(4,39)31(45-33(38)19-13-11-10-12-14-19)21-16-23(41-6)30(43-8)27(36)25(21)24-20(28)15-22(40-5)29(42-7)26(24)35/h9-16,18,28,31,35-36,39H,1-8H3/b17-9-. The topological polar surface area (TPSA) is 150 Å². The van der Waals surface area contributed by atoms with E-state index in [2.05, 4.69) is 0 Å². The van der Waals surface area contributed by atoms with Gasteiger partial charge in [-0.15, -0.1) is 0 Å². The predicted octanol–water partition coefficient (Wildman–Crippen LogP) is 5.65. The Morgan fingerprint density at radius 1 is 0.822 bits per heavy atom. The van der Waals surface area contributed by atoms with Gasteiger partial charge in [0.05, 0.1) is 34.0 Å². The lowest BCUT2D eigenvalue weighted by atomic mass is 9.71. The third-order valence-corrected chi connectivity index (χ3v) is 8.32. The van der Waals surface area contributed by atoms with Crippen LogP contribution in [-0.2, 0) is 14.3 Å². The molecule has 4 atom stereocenters. The smallest absolute Gasteiger partial charge is 0.338 e. The highest BCUT2D eigenvalue weighted by Crippen LogP contribution is 2.60. The Morgan fingerprint density at radius 2 is 1.33 bits per heavy atom. The maximum atomic E-state index is 13.5. The van der Waals surface area contributed by atoms with E-state index in [4.69, 9.17) is 28.4 Å². The van der Waals surface area contributed by atoms with Crippen LogP contribution < -0.4 is 18.9 Å². The summed E-state index contributed by atoms with van der Waals surface area (Å²) in [6, 6.07) is 11.1. The summed E-state index contributed by atoms with van der Waals surface area (Å²) < 4.78 is 34.1. The highest BCUT2D eigenvalue weighted by molar-refractivity contribution is 5.92. The van der Waals surface area contributed by atoms with Crippen molar-refractivity contribution in [3.63, 3.8) is 0 Å². The van der Waals surface area contributed by atoms with Gasteiger partial charge >= 0.3 is 11.9 Å². The zero-order chi connectivity index (χ0) is 33.2. The van der Waals surface area contributed by atoms with Gasteiger partial charge in [-0.05, 0) is 45.0 Å². The highest BCUT2D eigenvalue weighted by atomic mass is 16.6. The summed E-state index contributed by atoms with van der Waals surface area (Å²) in [5, 5.41) is 36.0. The lowest BCUT2D eigenvalue weighted by Gasteiger charge is -2.43. The highest BCUT2D eigenvalue weighted by Gasteiger charge is 2.51. The van der Waals surface area contributed by atoms with Gasteiger partial charge in [-0.2, -0.15) is 0 Å². The number of allylic oxidation sites excluding steroid dienone is 1. The molecule has 1 aliphatic rings. The molecule has 3 aromatic carbocycles. The summed E-state index contributed by atoms with van der Waals surface area (Å²) >= 11 is 0. The van der Waals surface area contributed by atoms with Gasteiger partial charge in [0.1, 0.15) is 11.7 Å². The van der Waals surface area contributed by atoms with Crippen molar-refractivity contribution in [1.82, 2.24) is 0 Å². The van der Waals surface area contributed by atoms with E-state index in [0.717, 1.165) is 0 Å². The number of hydrogen-bond acceptors (Lipinski definition) is 11. The Kier molecular flexibility index (Phi) is 9.53. The maximum absolute atomic E-state index is 13.5. The van der Waals surface area contributed by atoms with E-state index in [1.807, 2.05) is 0 Å². The van der Waals surface area contributed by atoms with E-state index >= 15 is 0 Å². The van der Waals surface area contributed by atoms with Gasteiger partial charge < -0.3 is 43.7 Å². The van der Waals surface area contributed by atoms with Crippen molar-refractivity contribution < 1.29 is 53.3 Å². The van der Waals surface area contributed by atoms with E-state index in [-0.39, 0.29) is 56.4 Å². The Balaban J connectivity index is 2.19. The van der Waals surface area contributed by atoms with Crippen LogP contribution in [0.25, 0.3) is 11.1 Å². The molecule has 11 heteroatoms. The van der Waals surface area contributed by atoms with Crippen molar-refractivity contribution in [3.8, 4) is 45.6 Å². The van der Waals surface area contributed by atoms with Gasteiger partial charge in [0.25, 0.3) is 0 Å². The van der Waals surface area contributed by atoms with Crippen molar-refractivity contribution in [2.45, 2.75) is 45.5 Å². The fraction of sp³-hybridized carbons (Fsp3) is 0.353. The van der Waals surface area contributed by atoms with Gasteiger partial charge in [0.15, 0.2) is 29.1 Å². The molecule has 0 fully saturated rings. The van der Waals surface area contributed by atoms with Gasteiger partial charge in [0.2, 0.25) is 11.5 Å². The van der Waals surface area contributed by atoms with Crippen molar-refractivity contribution in [3.05, 3.63) is 70.8 Å². The Hall–Kier alpha value is -4.90. The summed E-state index contributed by atoms with van der Waals surface area (Å²) in [5.41, 5.74) is -1.34. The number of rotatable bonds is 8. The number of carbonyl (C=O) groups excluding carboxylic acids is 2. The van der Waals surface area contributed by atoms with Crippen LogP contribution in [0, 0.1) is 5.92 Å². The maximum Gasteiger partial charge on any atom is 0.338 e. The molecule has 0 aromatic heterocycles. The second kappa shape index (κ2) is 13.0. The van der Waals surface area contributed by atoms with Crippen molar-refractivity contribution in [2.75, 3.05) is 28.4 Å². The van der Waals surface area contributed by atoms with Crippen LogP contribution >= 0.6 is 0 Å². The molecule has 0 radical (unpaired) electrons. The van der Waals surface area contributed by atoms with Crippen LogP contribution in [0.5, 0.6) is 34.5 Å². The number of fused-ring (bicyclic) bond motifs is 3. The minimum atomic E-state index is -1.97. The normalized spacial score (nSPS) is 20.9. The lowest BCUT2D eigenvalue weighted by Crippen LogP contribution is -2.46. The molecule has 0 bridgehead atoms. The second-order valence-corrected chi connectivity index (χ2v) is 10.8. The van der Waals surface area contributed by atoms with Crippen LogP contribution in [-0.4, -0.2) is 61.3 Å². The first kappa shape index (κ1) is 33.0. The lowest BCUT2D eigenvalue weighted by molar-refractivity contribution is -0.165. The van der Waals surface area contributed by atoms with Crippen molar-refractivity contribution in [1.29, 1.82) is 0 Å². The van der Waals surface area contributed by atoms with E-state index < -0.39 is 47.2 Å². The number of benzene rings is 3. The largest absolute Gasteiger partial charge is 0.504 e. The predicted molar refractivity (Wildman–Crippen MR) is 164 cm³/mol. The summed E-state index contributed by atoms with van der Waals surface area (Å²) in [6.45, 7) is 6.31. The number of aromatic hydroxyl groups is 2. The number of ether oxygens (including phenoxy) is 6. The monoisotopic (exact) mass is 622 g/mol. The molecule has 3 N–H and O–H groups in total. The molecule has 240 valence electrons. The zero-order valence-electron chi connectivity index (χ0n) is 26.5. The van der Waals surface area contributed by atoms with Crippen LogP contribution in [0.4, 0.5) is 0 Å². The molecule has 4 unspecified atom stereocenters. The molecule has 1 aliphatic carbocycles. The molecule has 0 heterocycles. The first-order valence-corrected chi connectivity index (χ1v) is 14.2. The number of phenols is 2. The molecular weight excluding hydrogens is 584 g/mol. The van der Waals surface area contributed by atoms with E-state index in [1.165, 1.54) is 47.5 Å². The average molecular weight is 623 g/mol. The van der Waals surface area contributed by atoms with E-state index in [0.29, 0.717) is 0 Å². The molecule has 0 spiro atoms. The molecule has 45 heavy (non-hydrogen) atoms. The Labute approximate surface area is 261 Å². The Morgan fingerprint density at radius 3 is 1.82 bits per heavy atom. The fourth-order valence-corrected chi connectivity index (χ4v) is 5.50. The zero-order valence-corrected chi connectivity index (χ0v) is 26.5.